The van der Waals surface area contributed by atoms with Gasteiger partial charge in [-0.1, -0.05) is 0 Å². The molecule has 3 aliphatic heterocycles. The van der Waals surface area contributed by atoms with E-state index in [1.54, 1.807) is 6.26 Å². The number of furan rings is 1. The second kappa shape index (κ2) is 5.72. The Bertz CT molecular complexity index is 458. The average molecular weight is 292 g/mol. The summed E-state index contributed by atoms with van der Waals surface area (Å²) >= 11 is 0. The highest BCUT2D eigenvalue weighted by Crippen LogP contribution is 2.42. The van der Waals surface area contributed by atoms with Gasteiger partial charge in [0.15, 0.2) is 0 Å². The SMILES string of the molecule is c1coc(CN2C[C@H]3COC[C@@]3(CN3CCOCC3)C2)c1. The fourth-order valence-electron chi connectivity index (χ4n) is 4.11. The molecule has 1 aromatic rings. The molecular weight excluding hydrogens is 268 g/mol. The zero-order valence-corrected chi connectivity index (χ0v) is 12.5. The fourth-order valence-corrected chi connectivity index (χ4v) is 4.11. The molecule has 0 N–H and O–H groups in total. The van der Waals surface area contributed by atoms with Crippen molar-refractivity contribution in [1.82, 2.24) is 9.80 Å². The van der Waals surface area contributed by atoms with Gasteiger partial charge in [-0.25, -0.2) is 0 Å². The zero-order chi connectivity index (χ0) is 14.1. The van der Waals surface area contributed by atoms with Crippen LogP contribution in [0.15, 0.2) is 22.8 Å². The Morgan fingerprint density at radius 3 is 2.90 bits per heavy atom. The molecule has 4 rings (SSSR count). The lowest BCUT2D eigenvalue weighted by atomic mass is 9.80. The van der Waals surface area contributed by atoms with Crippen molar-refractivity contribution in [2.45, 2.75) is 6.54 Å². The summed E-state index contributed by atoms with van der Waals surface area (Å²) in [5, 5.41) is 0. The number of nitrogens with zero attached hydrogens (tertiary/aromatic N) is 2. The summed E-state index contributed by atoms with van der Waals surface area (Å²) < 4.78 is 16.8. The average Bonchev–Trinajstić information content (AvgIpc) is 3.16. The highest BCUT2D eigenvalue weighted by Gasteiger charge is 2.51. The van der Waals surface area contributed by atoms with Gasteiger partial charge < -0.3 is 13.9 Å². The van der Waals surface area contributed by atoms with Crippen LogP contribution in [0.25, 0.3) is 0 Å². The lowest BCUT2D eigenvalue weighted by Gasteiger charge is -2.36. The maximum absolute atomic E-state index is 5.83. The van der Waals surface area contributed by atoms with E-state index >= 15 is 0 Å². The van der Waals surface area contributed by atoms with E-state index < -0.39 is 0 Å². The first kappa shape index (κ1) is 13.8. The normalized spacial score (nSPS) is 34.4. The molecule has 0 aliphatic carbocycles. The van der Waals surface area contributed by atoms with E-state index in [-0.39, 0.29) is 0 Å². The molecule has 3 fully saturated rings. The number of morpholine rings is 1. The van der Waals surface area contributed by atoms with Crippen LogP contribution in [0.2, 0.25) is 0 Å². The maximum atomic E-state index is 5.83. The van der Waals surface area contributed by atoms with E-state index in [1.165, 1.54) is 0 Å². The molecule has 0 bridgehead atoms. The minimum absolute atomic E-state index is 0.309. The van der Waals surface area contributed by atoms with Crippen molar-refractivity contribution in [3.63, 3.8) is 0 Å². The molecule has 2 atom stereocenters. The van der Waals surface area contributed by atoms with Crippen molar-refractivity contribution in [2.75, 3.05) is 59.2 Å². The van der Waals surface area contributed by atoms with Crippen LogP contribution in [0.3, 0.4) is 0 Å². The predicted molar refractivity (Wildman–Crippen MR) is 78.0 cm³/mol. The molecule has 3 saturated heterocycles. The van der Waals surface area contributed by atoms with Gasteiger partial charge in [0, 0.05) is 44.1 Å². The molecule has 0 amide bonds. The van der Waals surface area contributed by atoms with Gasteiger partial charge in [0.1, 0.15) is 5.76 Å². The minimum atomic E-state index is 0.309. The molecule has 5 heteroatoms. The molecule has 0 saturated carbocycles. The highest BCUT2D eigenvalue weighted by atomic mass is 16.5. The Morgan fingerprint density at radius 2 is 2.10 bits per heavy atom. The first-order valence-electron chi connectivity index (χ1n) is 7.97. The monoisotopic (exact) mass is 292 g/mol. The third-order valence-corrected chi connectivity index (χ3v) is 5.19. The van der Waals surface area contributed by atoms with Crippen molar-refractivity contribution >= 4 is 0 Å². The Balaban J connectivity index is 1.42. The Kier molecular flexibility index (Phi) is 3.75. The lowest BCUT2D eigenvalue weighted by Crippen LogP contribution is -2.47. The molecule has 5 nitrogen and oxygen atoms in total. The second-order valence-electron chi connectivity index (χ2n) is 6.71. The van der Waals surface area contributed by atoms with Crippen LogP contribution in [-0.4, -0.2) is 69.0 Å². The molecule has 4 heterocycles. The highest BCUT2D eigenvalue weighted by molar-refractivity contribution is 5.05. The van der Waals surface area contributed by atoms with E-state index in [0.29, 0.717) is 11.3 Å². The fraction of sp³-hybridized carbons (Fsp3) is 0.750. The van der Waals surface area contributed by atoms with Crippen LogP contribution in [-0.2, 0) is 16.0 Å². The maximum Gasteiger partial charge on any atom is 0.117 e. The first-order valence-corrected chi connectivity index (χ1v) is 7.97. The second-order valence-corrected chi connectivity index (χ2v) is 6.71. The van der Waals surface area contributed by atoms with E-state index in [9.17, 15) is 0 Å². The molecule has 0 radical (unpaired) electrons. The number of rotatable bonds is 4. The van der Waals surface area contributed by atoms with Gasteiger partial charge in [0.2, 0.25) is 0 Å². The van der Waals surface area contributed by atoms with Gasteiger partial charge in [0.05, 0.1) is 39.2 Å². The van der Waals surface area contributed by atoms with E-state index in [4.69, 9.17) is 13.9 Å². The van der Waals surface area contributed by atoms with Crippen molar-refractivity contribution < 1.29 is 13.9 Å². The van der Waals surface area contributed by atoms with Gasteiger partial charge >= 0.3 is 0 Å². The summed E-state index contributed by atoms with van der Waals surface area (Å²) in [6.07, 6.45) is 1.76. The predicted octanol–water partition coefficient (Wildman–Crippen LogP) is 1.06. The molecule has 0 aromatic carbocycles. The summed E-state index contributed by atoms with van der Waals surface area (Å²) in [5.74, 6) is 1.73. The van der Waals surface area contributed by atoms with Gasteiger partial charge in [-0.2, -0.15) is 0 Å². The molecule has 1 aromatic heterocycles. The van der Waals surface area contributed by atoms with Crippen LogP contribution < -0.4 is 0 Å². The smallest absolute Gasteiger partial charge is 0.117 e. The van der Waals surface area contributed by atoms with Crippen molar-refractivity contribution in [3.05, 3.63) is 24.2 Å². The standard InChI is InChI=1S/C16H24N2O3/c1-2-15(21-5-1)9-18-8-14-10-20-13-16(14,12-18)11-17-3-6-19-7-4-17/h1-2,5,14H,3-4,6-13H2/t14-,16+/m0/s1. The molecule has 3 aliphatic rings. The van der Waals surface area contributed by atoms with Gasteiger partial charge in [-0.15, -0.1) is 0 Å². The van der Waals surface area contributed by atoms with Crippen LogP contribution in [0.1, 0.15) is 5.76 Å². The Labute approximate surface area is 125 Å². The van der Waals surface area contributed by atoms with Crippen LogP contribution in [0.4, 0.5) is 0 Å². The van der Waals surface area contributed by atoms with Crippen molar-refractivity contribution in [2.24, 2.45) is 11.3 Å². The number of likely N-dealkylation sites (tertiary alicyclic amines) is 1. The molecule has 21 heavy (non-hydrogen) atoms. The van der Waals surface area contributed by atoms with Crippen molar-refractivity contribution in [1.29, 1.82) is 0 Å². The topological polar surface area (TPSA) is 38.1 Å². The number of hydrogen-bond acceptors (Lipinski definition) is 5. The third kappa shape index (κ3) is 2.75. The van der Waals surface area contributed by atoms with Crippen LogP contribution in [0, 0.1) is 11.3 Å². The third-order valence-electron chi connectivity index (χ3n) is 5.19. The lowest BCUT2D eigenvalue weighted by molar-refractivity contribution is 0.0101. The van der Waals surface area contributed by atoms with Crippen LogP contribution in [0.5, 0.6) is 0 Å². The summed E-state index contributed by atoms with van der Waals surface area (Å²) in [6.45, 7) is 10.0. The minimum Gasteiger partial charge on any atom is -0.468 e. The van der Waals surface area contributed by atoms with Gasteiger partial charge in [-0.05, 0) is 12.1 Å². The molecular formula is C16H24N2O3. The van der Waals surface area contributed by atoms with Crippen molar-refractivity contribution in [3.8, 4) is 0 Å². The quantitative estimate of drug-likeness (QED) is 0.829. The molecule has 0 unspecified atom stereocenters. The largest absolute Gasteiger partial charge is 0.468 e. The summed E-state index contributed by atoms with van der Waals surface area (Å²) in [4.78, 5) is 5.09. The number of fused-ring (bicyclic) bond motifs is 1. The first-order chi connectivity index (χ1) is 10.3. The van der Waals surface area contributed by atoms with Gasteiger partial charge in [0.25, 0.3) is 0 Å². The summed E-state index contributed by atoms with van der Waals surface area (Å²) in [7, 11) is 0. The summed E-state index contributed by atoms with van der Waals surface area (Å²) in [6, 6.07) is 4.04. The molecule has 0 spiro atoms. The summed E-state index contributed by atoms with van der Waals surface area (Å²) in [5.41, 5.74) is 0.309. The number of hydrogen-bond donors (Lipinski definition) is 0. The van der Waals surface area contributed by atoms with E-state index in [2.05, 4.69) is 15.9 Å². The Morgan fingerprint density at radius 1 is 1.19 bits per heavy atom. The van der Waals surface area contributed by atoms with Gasteiger partial charge in [-0.3, -0.25) is 9.80 Å². The van der Waals surface area contributed by atoms with E-state index in [1.807, 2.05) is 6.07 Å². The number of ether oxygens (including phenoxy) is 2. The zero-order valence-electron chi connectivity index (χ0n) is 12.5. The van der Waals surface area contributed by atoms with E-state index in [0.717, 1.165) is 71.5 Å². The molecule has 116 valence electrons. The van der Waals surface area contributed by atoms with Crippen LogP contribution >= 0.6 is 0 Å². The Hall–Kier alpha value is -0.880.